The molecule has 0 bridgehead atoms. The standard InChI is InChI=1S/C17H12Br2N2O4/c1-21-16(23)11-4-3-10(7-12(11)17(21)24)20-15(22)8-25-14-5-2-9(18)6-13(14)19/h2-7H,8H2,1H3,(H,20,22). The number of imide groups is 1. The van der Waals surface area contributed by atoms with Gasteiger partial charge >= 0.3 is 0 Å². The Hall–Kier alpha value is -2.19. The molecule has 0 fully saturated rings. The average molecular weight is 468 g/mol. The molecule has 0 aromatic heterocycles. The second-order valence-corrected chi connectivity index (χ2v) is 7.11. The number of fused-ring (bicyclic) bond motifs is 1. The van der Waals surface area contributed by atoms with E-state index in [0.717, 1.165) is 13.8 Å². The van der Waals surface area contributed by atoms with Crippen molar-refractivity contribution in [1.82, 2.24) is 4.90 Å². The van der Waals surface area contributed by atoms with Crippen LogP contribution in [0.2, 0.25) is 0 Å². The van der Waals surface area contributed by atoms with Gasteiger partial charge in [-0.3, -0.25) is 19.3 Å². The van der Waals surface area contributed by atoms with Gasteiger partial charge in [0, 0.05) is 17.2 Å². The highest BCUT2D eigenvalue weighted by molar-refractivity contribution is 9.11. The monoisotopic (exact) mass is 466 g/mol. The normalized spacial score (nSPS) is 13.0. The van der Waals surface area contributed by atoms with Gasteiger partial charge in [0.25, 0.3) is 17.7 Å². The van der Waals surface area contributed by atoms with Gasteiger partial charge in [0.15, 0.2) is 6.61 Å². The summed E-state index contributed by atoms with van der Waals surface area (Å²) in [6, 6.07) is 9.95. The summed E-state index contributed by atoms with van der Waals surface area (Å²) >= 11 is 6.69. The van der Waals surface area contributed by atoms with Crippen molar-refractivity contribution in [3.63, 3.8) is 0 Å². The number of ether oxygens (including phenoxy) is 1. The number of nitrogens with one attached hydrogen (secondary N) is 1. The molecule has 6 nitrogen and oxygen atoms in total. The van der Waals surface area contributed by atoms with Gasteiger partial charge < -0.3 is 10.1 Å². The molecular weight excluding hydrogens is 456 g/mol. The van der Waals surface area contributed by atoms with E-state index in [1.807, 2.05) is 6.07 Å². The van der Waals surface area contributed by atoms with Gasteiger partial charge in [-0.05, 0) is 52.3 Å². The molecule has 3 amide bonds. The van der Waals surface area contributed by atoms with Crippen LogP contribution in [0.15, 0.2) is 45.3 Å². The Balaban J connectivity index is 1.66. The van der Waals surface area contributed by atoms with Crippen molar-refractivity contribution in [3.05, 3.63) is 56.5 Å². The number of halogens is 2. The van der Waals surface area contributed by atoms with E-state index in [2.05, 4.69) is 37.2 Å². The second kappa shape index (κ2) is 6.97. The first-order chi connectivity index (χ1) is 11.9. The van der Waals surface area contributed by atoms with Crippen LogP contribution >= 0.6 is 31.9 Å². The van der Waals surface area contributed by atoms with Gasteiger partial charge in [0.2, 0.25) is 0 Å². The number of amides is 3. The van der Waals surface area contributed by atoms with Gasteiger partial charge in [-0.15, -0.1) is 0 Å². The molecule has 1 aliphatic rings. The summed E-state index contributed by atoms with van der Waals surface area (Å²) in [7, 11) is 1.42. The summed E-state index contributed by atoms with van der Waals surface area (Å²) in [5.41, 5.74) is 1.04. The van der Waals surface area contributed by atoms with Crippen LogP contribution in [-0.4, -0.2) is 36.3 Å². The molecule has 0 saturated carbocycles. The molecule has 25 heavy (non-hydrogen) atoms. The lowest BCUT2D eigenvalue weighted by Gasteiger charge is -2.09. The van der Waals surface area contributed by atoms with E-state index < -0.39 is 0 Å². The molecule has 0 unspecified atom stereocenters. The molecule has 0 atom stereocenters. The highest BCUT2D eigenvalue weighted by Gasteiger charge is 2.32. The molecule has 0 radical (unpaired) electrons. The number of rotatable bonds is 4. The number of nitrogens with zero attached hydrogens (tertiary/aromatic N) is 1. The zero-order chi connectivity index (χ0) is 18.1. The summed E-state index contributed by atoms with van der Waals surface area (Å²) in [6.07, 6.45) is 0. The molecule has 3 rings (SSSR count). The van der Waals surface area contributed by atoms with E-state index in [-0.39, 0.29) is 29.9 Å². The predicted octanol–water partition coefficient (Wildman–Crippen LogP) is 3.45. The second-order valence-electron chi connectivity index (χ2n) is 5.34. The SMILES string of the molecule is CN1C(=O)c2ccc(NC(=O)COc3ccc(Br)cc3Br)cc2C1=O. The molecule has 1 heterocycles. The molecule has 1 aliphatic heterocycles. The van der Waals surface area contributed by atoms with Crippen LogP contribution < -0.4 is 10.1 Å². The van der Waals surface area contributed by atoms with E-state index in [1.165, 1.54) is 19.2 Å². The topological polar surface area (TPSA) is 75.7 Å². The van der Waals surface area contributed by atoms with Crippen molar-refractivity contribution in [3.8, 4) is 5.75 Å². The van der Waals surface area contributed by atoms with Crippen molar-refractivity contribution < 1.29 is 19.1 Å². The minimum atomic E-state index is -0.383. The first-order valence-electron chi connectivity index (χ1n) is 7.21. The third-order valence-electron chi connectivity index (χ3n) is 3.63. The van der Waals surface area contributed by atoms with Gasteiger partial charge in [-0.25, -0.2) is 0 Å². The highest BCUT2D eigenvalue weighted by atomic mass is 79.9. The lowest BCUT2D eigenvalue weighted by Crippen LogP contribution is -2.24. The molecule has 2 aromatic carbocycles. The zero-order valence-electron chi connectivity index (χ0n) is 13.0. The summed E-state index contributed by atoms with van der Waals surface area (Å²) in [4.78, 5) is 36.9. The molecule has 128 valence electrons. The molecule has 2 aromatic rings. The first-order valence-corrected chi connectivity index (χ1v) is 8.79. The summed E-state index contributed by atoms with van der Waals surface area (Å²) in [6.45, 7) is -0.190. The van der Waals surface area contributed by atoms with E-state index in [0.29, 0.717) is 17.0 Å². The molecule has 8 heteroatoms. The smallest absolute Gasteiger partial charge is 0.262 e. The highest BCUT2D eigenvalue weighted by Crippen LogP contribution is 2.28. The third-order valence-corrected chi connectivity index (χ3v) is 4.74. The number of anilines is 1. The molecule has 0 saturated heterocycles. The number of hydrogen-bond donors (Lipinski definition) is 1. The Morgan fingerprint density at radius 3 is 2.52 bits per heavy atom. The minimum Gasteiger partial charge on any atom is -0.483 e. The van der Waals surface area contributed by atoms with Crippen LogP contribution in [0.3, 0.4) is 0 Å². The van der Waals surface area contributed by atoms with E-state index in [4.69, 9.17) is 4.74 Å². The Kier molecular flexibility index (Phi) is 4.91. The van der Waals surface area contributed by atoms with E-state index >= 15 is 0 Å². The fraction of sp³-hybridized carbons (Fsp3) is 0.118. The van der Waals surface area contributed by atoms with Crippen LogP contribution in [0.25, 0.3) is 0 Å². The van der Waals surface area contributed by atoms with Crippen molar-refractivity contribution >= 4 is 55.3 Å². The van der Waals surface area contributed by atoms with Crippen LogP contribution in [0, 0.1) is 0 Å². The summed E-state index contributed by atoms with van der Waals surface area (Å²) in [5, 5.41) is 2.65. The Morgan fingerprint density at radius 2 is 1.80 bits per heavy atom. The maximum atomic E-state index is 12.1. The molecular formula is C17H12Br2N2O4. The average Bonchev–Trinajstić information content (AvgIpc) is 2.78. The van der Waals surface area contributed by atoms with Crippen LogP contribution in [-0.2, 0) is 4.79 Å². The first kappa shape index (κ1) is 17.6. The minimum absolute atomic E-state index is 0.190. The van der Waals surface area contributed by atoms with Crippen LogP contribution in [0.4, 0.5) is 5.69 Å². The van der Waals surface area contributed by atoms with Crippen molar-refractivity contribution in [2.45, 2.75) is 0 Å². The molecule has 1 N–H and O–H groups in total. The Labute approximate surface area is 160 Å². The Morgan fingerprint density at radius 1 is 1.08 bits per heavy atom. The quantitative estimate of drug-likeness (QED) is 0.698. The fourth-order valence-corrected chi connectivity index (χ4v) is 3.53. The fourth-order valence-electron chi connectivity index (χ4n) is 2.37. The number of benzene rings is 2. The summed E-state index contributed by atoms with van der Waals surface area (Å²) < 4.78 is 7.07. The van der Waals surface area contributed by atoms with Crippen LogP contribution in [0.5, 0.6) is 5.75 Å². The van der Waals surface area contributed by atoms with Gasteiger partial charge in [-0.1, -0.05) is 15.9 Å². The van der Waals surface area contributed by atoms with Crippen molar-refractivity contribution in [1.29, 1.82) is 0 Å². The van der Waals surface area contributed by atoms with E-state index in [9.17, 15) is 14.4 Å². The van der Waals surface area contributed by atoms with Crippen LogP contribution in [0.1, 0.15) is 20.7 Å². The maximum absolute atomic E-state index is 12.1. The lowest BCUT2D eigenvalue weighted by molar-refractivity contribution is -0.118. The number of carbonyl (C=O) groups excluding carboxylic acids is 3. The third kappa shape index (κ3) is 3.59. The van der Waals surface area contributed by atoms with Gasteiger partial charge in [0.05, 0.1) is 15.6 Å². The van der Waals surface area contributed by atoms with Crippen molar-refractivity contribution in [2.24, 2.45) is 0 Å². The van der Waals surface area contributed by atoms with Gasteiger partial charge in [0.1, 0.15) is 5.75 Å². The lowest BCUT2D eigenvalue weighted by atomic mass is 10.1. The maximum Gasteiger partial charge on any atom is 0.262 e. The predicted molar refractivity (Wildman–Crippen MR) is 98.8 cm³/mol. The number of hydrogen-bond acceptors (Lipinski definition) is 4. The summed E-state index contributed by atoms with van der Waals surface area (Å²) in [5.74, 6) is -0.568. The van der Waals surface area contributed by atoms with E-state index in [1.54, 1.807) is 18.2 Å². The van der Waals surface area contributed by atoms with Crippen molar-refractivity contribution in [2.75, 3.05) is 19.0 Å². The zero-order valence-corrected chi connectivity index (χ0v) is 16.2. The molecule has 0 aliphatic carbocycles. The Bertz CT molecular complexity index is 898. The number of carbonyl (C=O) groups is 3. The van der Waals surface area contributed by atoms with Gasteiger partial charge in [-0.2, -0.15) is 0 Å². The largest absolute Gasteiger partial charge is 0.483 e. The molecule has 0 spiro atoms.